The van der Waals surface area contributed by atoms with Crippen molar-refractivity contribution in [2.75, 3.05) is 11.9 Å². The summed E-state index contributed by atoms with van der Waals surface area (Å²) in [5.41, 5.74) is 0. The molecule has 0 radical (unpaired) electrons. The molecule has 0 aromatic carbocycles. The molecule has 0 fully saturated rings. The second kappa shape index (κ2) is 10.6. The van der Waals surface area contributed by atoms with Gasteiger partial charge in [-0.2, -0.15) is 0 Å². The Labute approximate surface area is 89.0 Å². The van der Waals surface area contributed by atoms with Gasteiger partial charge in [-0.15, -0.1) is 0 Å². The summed E-state index contributed by atoms with van der Waals surface area (Å²) in [4.78, 5) is 10.2. The molecule has 2 nitrogen and oxygen atoms in total. The van der Waals surface area contributed by atoms with Crippen molar-refractivity contribution in [3.8, 4) is 0 Å². The van der Waals surface area contributed by atoms with Crippen LogP contribution in [0.15, 0.2) is 0 Å². The van der Waals surface area contributed by atoms with E-state index in [0.717, 1.165) is 24.6 Å². The average molecular weight is 274 g/mol. The molecular formula is C7H13BrO2Zn. The quantitative estimate of drug-likeness (QED) is 0.332. The number of unbranched alkanes of at least 4 members (excludes halogenated alkanes) is 2. The molecule has 0 aliphatic heterocycles. The van der Waals surface area contributed by atoms with E-state index >= 15 is 0 Å². The van der Waals surface area contributed by atoms with Gasteiger partial charge in [0.15, 0.2) is 0 Å². The maximum atomic E-state index is 10.2. The number of alkyl halides is 1. The molecule has 0 unspecified atom stereocenters. The number of carbonyl (C=O) groups is 1. The van der Waals surface area contributed by atoms with E-state index in [1.54, 1.807) is 0 Å². The fourth-order valence-corrected chi connectivity index (χ4v) is 0.986. The monoisotopic (exact) mass is 272 g/mol. The molecule has 0 saturated carbocycles. The minimum atomic E-state index is -0.182. The number of ether oxygens (including phenoxy) is 1. The summed E-state index contributed by atoms with van der Waals surface area (Å²) >= 11 is 3.32. The molecule has 0 rings (SSSR count). The summed E-state index contributed by atoms with van der Waals surface area (Å²) in [6.45, 7) is 2.01. The van der Waals surface area contributed by atoms with Gasteiger partial charge >= 0.3 is 5.97 Å². The minimum Gasteiger partial charge on any atom is -0.466 e. The second-order valence-corrected chi connectivity index (χ2v) is 2.88. The zero-order valence-electron chi connectivity index (χ0n) is 6.94. The van der Waals surface area contributed by atoms with Crippen LogP contribution in [0, 0.1) is 0 Å². The van der Waals surface area contributed by atoms with E-state index in [1.807, 2.05) is 0 Å². The minimum absolute atomic E-state index is 0. The molecule has 11 heavy (non-hydrogen) atoms. The van der Waals surface area contributed by atoms with E-state index in [-0.39, 0.29) is 25.4 Å². The smallest absolute Gasteiger partial charge is 0.302 e. The van der Waals surface area contributed by atoms with Gasteiger partial charge in [0.05, 0.1) is 6.61 Å². The molecule has 0 saturated heterocycles. The van der Waals surface area contributed by atoms with E-state index < -0.39 is 0 Å². The Morgan fingerprint density at radius 1 is 1.36 bits per heavy atom. The number of carbonyl (C=O) groups excluding carboxylic acids is 1. The summed E-state index contributed by atoms with van der Waals surface area (Å²) in [6.07, 6.45) is 3.25. The van der Waals surface area contributed by atoms with Gasteiger partial charge in [0.1, 0.15) is 0 Å². The molecule has 4 heteroatoms. The van der Waals surface area contributed by atoms with Crippen LogP contribution in [0.1, 0.15) is 26.2 Å². The number of rotatable bonds is 5. The topological polar surface area (TPSA) is 26.3 Å². The molecule has 0 atom stereocenters. The Morgan fingerprint density at radius 2 is 2.00 bits per heavy atom. The summed E-state index contributed by atoms with van der Waals surface area (Å²) in [5.74, 6) is -0.182. The Balaban J connectivity index is 0. The first-order valence-corrected chi connectivity index (χ1v) is 4.59. The molecule has 62 valence electrons. The fourth-order valence-electron chi connectivity index (χ4n) is 0.589. The molecule has 0 bridgehead atoms. The van der Waals surface area contributed by atoms with Crippen molar-refractivity contribution in [1.29, 1.82) is 0 Å². The van der Waals surface area contributed by atoms with E-state index in [4.69, 9.17) is 4.74 Å². The van der Waals surface area contributed by atoms with Crippen molar-refractivity contribution in [2.24, 2.45) is 0 Å². The Bertz CT molecular complexity index is 98.4. The van der Waals surface area contributed by atoms with Crippen LogP contribution in [-0.4, -0.2) is 17.9 Å². The van der Waals surface area contributed by atoms with Crippen LogP contribution in [0.3, 0.4) is 0 Å². The molecule has 0 aromatic heterocycles. The van der Waals surface area contributed by atoms with Gasteiger partial charge in [-0.1, -0.05) is 15.9 Å². The number of esters is 1. The molecule has 0 amide bonds. The fraction of sp³-hybridized carbons (Fsp3) is 0.857. The first-order chi connectivity index (χ1) is 4.77. The van der Waals surface area contributed by atoms with Crippen LogP contribution >= 0.6 is 15.9 Å². The normalized spacial score (nSPS) is 8.55. The summed E-state index contributed by atoms with van der Waals surface area (Å²) in [6, 6.07) is 0. The van der Waals surface area contributed by atoms with Gasteiger partial charge in [-0.05, 0) is 19.3 Å². The number of halogens is 1. The maximum absolute atomic E-state index is 10.2. The van der Waals surface area contributed by atoms with Crippen LogP contribution in [0.5, 0.6) is 0 Å². The van der Waals surface area contributed by atoms with E-state index in [0.29, 0.717) is 6.61 Å². The molecular weight excluding hydrogens is 261 g/mol. The first kappa shape index (κ1) is 14.1. The standard InChI is InChI=1S/C7H13BrO2.Zn/c1-7(9)10-6-4-2-3-5-8;/h2-6H2,1H3;. The molecule has 0 heterocycles. The maximum Gasteiger partial charge on any atom is 0.302 e. The van der Waals surface area contributed by atoms with Gasteiger partial charge in [0, 0.05) is 31.7 Å². The van der Waals surface area contributed by atoms with Gasteiger partial charge in [-0.25, -0.2) is 0 Å². The van der Waals surface area contributed by atoms with Crippen LogP contribution in [0.2, 0.25) is 0 Å². The van der Waals surface area contributed by atoms with Crippen molar-refractivity contribution in [3.05, 3.63) is 0 Å². The summed E-state index contributed by atoms with van der Waals surface area (Å²) in [5, 5.41) is 1.03. The SMILES string of the molecule is CC(=O)OCCCCCBr.[Zn]. The molecule has 0 N–H and O–H groups in total. The number of hydrogen-bond donors (Lipinski definition) is 0. The van der Waals surface area contributed by atoms with Crippen molar-refractivity contribution in [3.63, 3.8) is 0 Å². The first-order valence-electron chi connectivity index (χ1n) is 3.46. The van der Waals surface area contributed by atoms with Crippen molar-refractivity contribution in [1.82, 2.24) is 0 Å². The zero-order valence-corrected chi connectivity index (χ0v) is 11.5. The van der Waals surface area contributed by atoms with Crippen molar-refractivity contribution >= 4 is 21.9 Å². The molecule has 0 aliphatic carbocycles. The van der Waals surface area contributed by atoms with E-state index in [9.17, 15) is 4.79 Å². The van der Waals surface area contributed by atoms with Crippen LogP contribution < -0.4 is 0 Å². The largest absolute Gasteiger partial charge is 0.466 e. The second-order valence-electron chi connectivity index (χ2n) is 2.09. The zero-order chi connectivity index (χ0) is 7.82. The van der Waals surface area contributed by atoms with Gasteiger partial charge in [0.2, 0.25) is 0 Å². The summed E-state index contributed by atoms with van der Waals surface area (Å²) in [7, 11) is 0. The Hall–Kier alpha value is 0.573. The predicted octanol–water partition coefficient (Wildman–Crippen LogP) is 2.11. The van der Waals surface area contributed by atoms with Crippen molar-refractivity contribution in [2.45, 2.75) is 26.2 Å². The van der Waals surface area contributed by atoms with Crippen LogP contribution in [0.4, 0.5) is 0 Å². The van der Waals surface area contributed by atoms with Crippen LogP contribution in [-0.2, 0) is 29.0 Å². The number of hydrogen-bond acceptors (Lipinski definition) is 2. The third-order valence-corrected chi connectivity index (χ3v) is 1.64. The molecule has 0 spiro atoms. The van der Waals surface area contributed by atoms with E-state index in [2.05, 4.69) is 15.9 Å². The molecule has 0 aliphatic rings. The van der Waals surface area contributed by atoms with E-state index in [1.165, 1.54) is 6.92 Å². The van der Waals surface area contributed by atoms with Gasteiger partial charge in [-0.3, -0.25) is 4.79 Å². The third kappa shape index (κ3) is 13.5. The summed E-state index contributed by atoms with van der Waals surface area (Å²) < 4.78 is 4.73. The van der Waals surface area contributed by atoms with Gasteiger partial charge < -0.3 is 4.74 Å². The predicted molar refractivity (Wildman–Crippen MR) is 44.3 cm³/mol. The Morgan fingerprint density at radius 3 is 2.45 bits per heavy atom. The van der Waals surface area contributed by atoms with Crippen molar-refractivity contribution < 1.29 is 29.0 Å². The third-order valence-electron chi connectivity index (χ3n) is 1.08. The average Bonchev–Trinajstić information content (AvgIpc) is 1.87. The van der Waals surface area contributed by atoms with Gasteiger partial charge in [0.25, 0.3) is 0 Å². The molecule has 0 aromatic rings. The Kier molecular flexibility index (Phi) is 13.6. The van der Waals surface area contributed by atoms with Crippen LogP contribution in [0.25, 0.3) is 0 Å².